The molecule has 1 N–H and O–H groups in total. The molecule has 1 aromatic carbocycles. The lowest BCUT2D eigenvalue weighted by atomic mass is 10.2. The molecule has 3 rings (SSSR count). The van der Waals surface area contributed by atoms with E-state index in [0.717, 1.165) is 22.2 Å². The van der Waals surface area contributed by atoms with Gasteiger partial charge in [-0.2, -0.15) is 0 Å². The molecule has 0 aliphatic rings. The fourth-order valence-corrected chi connectivity index (χ4v) is 2.31. The monoisotopic (exact) mass is 312 g/mol. The van der Waals surface area contributed by atoms with Crippen LogP contribution in [0.3, 0.4) is 0 Å². The van der Waals surface area contributed by atoms with E-state index in [4.69, 9.17) is 0 Å². The lowest BCUT2D eigenvalue weighted by Crippen LogP contribution is -2.09. The second kappa shape index (κ2) is 6.57. The standard InChI is InChI=1S/C15H16N6S/c1-11(16-14-8-9-15(22-2)19-18-14)13-10-21(20-17-13)12-6-4-3-5-7-12/h3-11H,1-2H3,(H,16,18). The summed E-state index contributed by atoms with van der Waals surface area (Å²) in [5.41, 5.74) is 1.83. The zero-order valence-electron chi connectivity index (χ0n) is 12.3. The smallest absolute Gasteiger partial charge is 0.149 e. The minimum atomic E-state index is -0.00751. The van der Waals surface area contributed by atoms with E-state index >= 15 is 0 Å². The van der Waals surface area contributed by atoms with Crippen molar-refractivity contribution in [3.8, 4) is 5.69 Å². The van der Waals surface area contributed by atoms with Crippen molar-refractivity contribution in [3.63, 3.8) is 0 Å². The Morgan fingerprint density at radius 3 is 2.55 bits per heavy atom. The van der Waals surface area contributed by atoms with Gasteiger partial charge in [0.05, 0.1) is 17.9 Å². The number of nitrogens with zero attached hydrogens (tertiary/aromatic N) is 5. The van der Waals surface area contributed by atoms with E-state index in [1.165, 1.54) is 0 Å². The highest BCUT2D eigenvalue weighted by Gasteiger charge is 2.11. The van der Waals surface area contributed by atoms with E-state index < -0.39 is 0 Å². The third-order valence-electron chi connectivity index (χ3n) is 3.19. The highest BCUT2D eigenvalue weighted by molar-refractivity contribution is 7.98. The molecule has 22 heavy (non-hydrogen) atoms. The molecular formula is C15H16N6S. The van der Waals surface area contributed by atoms with Gasteiger partial charge in [0.1, 0.15) is 16.5 Å². The molecule has 0 aliphatic heterocycles. The summed E-state index contributed by atoms with van der Waals surface area (Å²) in [7, 11) is 0. The summed E-state index contributed by atoms with van der Waals surface area (Å²) in [4.78, 5) is 0. The minimum Gasteiger partial charge on any atom is -0.360 e. The number of rotatable bonds is 5. The molecule has 1 unspecified atom stereocenters. The van der Waals surface area contributed by atoms with Crippen LogP contribution >= 0.6 is 11.8 Å². The van der Waals surface area contributed by atoms with Gasteiger partial charge in [-0.25, -0.2) is 4.68 Å². The van der Waals surface area contributed by atoms with E-state index in [0.29, 0.717) is 0 Å². The number of nitrogens with one attached hydrogen (secondary N) is 1. The topological polar surface area (TPSA) is 68.5 Å². The Hall–Kier alpha value is -2.41. The van der Waals surface area contributed by atoms with Gasteiger partial charge < -0.3 is 5.32 Å². The Labute approximate surface area is 133 Å². The van der Waals surface area contributed by atoms with Crippen LogP contribution in [0.2, 0.25) is 0 Å². The van der Waals surface area contributed by atoms with Crippen LogP contribution in [0.15, 0.2) is 53.7 Å². The molecule has 3 aromatic rings. The van der Waals surface area contributed by atoms with Crippen molar-refractivity contribution >= 4 is 17.6 Å². The lowest BCUT2D eigenvalue weighted by molar-refractivity contribution is 0.776. The summed E-state index contributed by atoms with van der Waals surface area (Å²) >= 11 is 1.57. The molecule has 7 heteroatoms. The van der Waals surface area contributed by atoms with Crippen molar-refractivity contribution in [3.05, 3.63) is 54.4 Å². The second-order valence-corrected chi connectivity index (χ2v) is 5.58. The second-order valence-electron chi connectivity index (χ2n) is 4.75. The molecule has 0 saturated heterocycles. The van der Waals surface area contributed by atoms with Crippen LogP contribution in [0.1, 0.15) is 18.7 Å². The molecule has 0 spiro atoms. The zero-order valence-corrected chi connectivity index (χ0v) is 13.2. The van der Waals surface area contributed by atoms with Gasteiger partial charge in [0, 0.05) is 0 Å². The molecule has 1 atom stereocenters. The summed E-state index contributed by atoms with van der Waals surface area (Å²) in [5.74, 6) is 0.722. The summed E-state index contributed by atoms with van der Waals surface area (Å²) in [5, 5.41) is 20.8. The van der Waals surface area contributed by atoms with Gasteiger partial charge in [0.15, 0.2) is 0 Å². The molecule has 0 amide bonds. The molecular weight excluding hydrogens is 296 g/mol. The average Bonchev–Trinajstić information content (AvgIpc) is 3.06. The molecule has 6 nitrogen and oxygen atoms in total. The van der Waals surface area contributed by atoms with Crippen LogP contribution in [0, 0.1) is 0 Å². The SMILES string of the molecule is CSc1ccc(NC(C)c2cn(-c3ccccc3)nn2)nn1. The summed E-state index contributed by atoms with van der Waals surface area (Å²) in [6.07, 6.45) is 3.89. The maximum absolute atomic E-state index is 4.22. The highest BCUT2D eigenvalue weighted by Crippen LogP contribution is 2.18. The van der Waals surface area contributed by atoms with Crippen molar-refractivity contribution in [1.29, 1.82) is 0 Å². The third-order valence-corrected chi connectivity index (χ3v) is 3.83. The van der Waals surface area contributed by atoms with Gasteiger partial charge in [-0.3, -0.25) is 0 Å². The van der Waals surface area contributed by atoms with Crippen LogP contribution in [-0.2, 0) is 0 Å². The van der Waals surface area contributed by atoms with Crippen LogP contribution in [-0.4, -0.2) is 31.4 Å². The van der Waals surface area contributed by atoms with Crippen molar-refractivity contribution in [2.75, 3.05) is 11.6 Å². The fraction of sp³-hybridized carbons (Fsp3) is 0.200. The first-order chi connectivity index (χ1) is 10.8. The molecule has 0 fully saturated rings. The number of anilines is 1. The number of thioether (sulfide) groups is 1. The number of hydrogen-bond donors (Lipinski definition) is 1. The predicted molar refractivity (Wildman–Crippen MR) is 87.2 cm³/mol. The maximum atomic E-state index is 4.22. The van der Waals surface area contributed by atoms with Gasteiger partial charge in [-0.1, -0.05) is 23.4 Å². The van der Waals surface area contributed by atoms with E-state index in [9.17, 15) is 0 Å². The number of benzene rings is 1. The number of para-hydroxylation sites is 1. The Balaban J connectivity index is 1.72. The van der Waals surface area contributed by atoms with Crippen molar-refractivity contribution < 1.29 is 0 Å². The molecule has 0 saturated carbocycles. The Morgan fingerprint density at radius 2 is 1.86 bits per heavy atom. The van der Waals surface area contributed by atoms with Crippen LogP contribution in [0.5, 0.6) is 0 Å². The summed E-state index contributed by atoms with van der Waals surface area (Å²) < 4.78 is 1.76. The van der Waals surface area contributed by atoms with Gasteiger partial charge in [0.2, 0.25) is 0 Å². The number of hydrogen-bond acceptors (Lipinski definition) is 6. The van der Waals surface area contributed by atoms with E-state index in [-0.39, 0.29) is 6.04 Å². The summed E-state index contributed by atoms with van der Waals surface area (Å²) in [6.45, 7) is 2.02. The van der Waals surface area contributed by atoms with Crippen molar-refractivity contribution in [1.82, 2.24) is 25.2 Å². The van der Waals surface area contributed by atoms with Crippen LogP contribution in [0.4, 0.5) is 5.82 Å². The largest absolute Gasteiger partial charge is 0.360 e. The Morgan fingerprint density at radius 1 is 1.05 bits per heavy atom. The molecule has 2 aromatic heterocycles. The molecule has 0 bridgehead atoms. The van der Waals surface area contributed by atoms with E-state index in [2.05, 4.69) is 25.8 Å². The molecule has 2 heterocycles. The third kappa shape index (κ3) is 3.25. The normalized spacial score (nSPS) is 12.1. The van der Waals surface area contributed by atoms with E-state index in [1.807, 2.05) is 61.8 Å². The highest BCUT2D eigenvalue weighted by atomic mass is 32.2. The quantitative estimate of drug-likeness (QED) is 0.731. The molecule has 0 radical (unpaired) electrons. The first-order valence-corrected chi connectivity index (χ1v) is 8.10. The first-order valence-electron chi connectivity index (χ1n) is 6.88. The average molecular weight is 312 g/mol. The maximum Gasteiger partial charge on any atom is 0.149 e. The van der Waals surface area contributed by atoms with Gasteiger partial charge in [-0.15, -0.1) is 27.1 Å². The zero-order chi connectivity index (χ0) is 15.4. The first kappa shape index (κ1) is 14.5. The molecule has 112 valence electrons. The van der Waals surface area contributed by atoms with Gasteiger partial charge in [-0.05, 0) is 37.4 Å². The van der Waals surface area contributed by atoms with Crippen LogP contribution < -0.4 is 5.32 Å². The van der Waals surface area contributed by atoms with Gasteiger partial charge >= 0.3 is 0 Å². The van der Waals surface area contributed by atoms with Crippen molar-refractivity contribution in [2.24, 2.45) is 0 Å². The Kier molecular flexibility index (Phi) is 4.34. The van der Waals surface area contributed by atoms with Gasteiger partial charge in [0.25, 0.3) is 0 Å². The Bertz CT molecular complexity index is 725. The fourth-order valence-electron chi connectivity index (χ4n) is 1.98. The predicted octanol–water partition coefficient (Wildman–Crippen LogP) is 2.95. The lowest BCUT2D eigenvalue weighted by Gasteiger charge is -2.10. The summed E-state index contributed by atoms with van der Waals surface area (Å²) in [6, 6.07) is 13.7. The van der Waals surface area contributed by atoms with E-state index in [1.54, 1.807) is 16.4 Å². The number of aromatic nitrogens is 5. The minimum absolute atomic E-state index is 0.00751. The van der Waals surface area contributed by atoms with Crippen LogP contribution in [0.25, 0.3) is 5.69 Å². The molecule has 0 aliphatic carbocycles. The van der Waals surface area contributed by atoms with Crippen molar-refractivity contribution in [2.45, 2.75) is 18.0 Å².